The Kier molecular flexibility index (Phi) is 5.79. The van der Waals surface area contributed by atoms with Gasteiger partial charge in [0.1, 0.15) is 11.2 Å². The number of hydrogen-bond acceptors (Lipinski definition) is 1. The van der Waals surface area contributed by atoms with E-state index < -0.39 is 0 Å². The van der Waals surface area contributed by atoms with Gasteiger partial charge in [-0.3, -0.25) is 0 Å². The van der Waals surface area contributed by atoms with Crippen LogP contribution in [-0.2, 0) is 0 Å². The lowest BCUT2D eigenvalue weighted by Gasteiger charge is -2.19. The highest BCUT2D eigenvalue weighted by atomic mass is 16.3. The van der Waals surface area contributed by atoms with Gasteiger partial charge in [-0.1, -0.05) is 164 Å². The van der Waals surface area contributed by atoms with Gasteiger partial charge in [0.05, 0.1) is 2.74 Å². The van der Waals surface area contributed by atoms with Crippen molar-refractivity contribution < 1.29 is 7.16 Å². The number of benzene rings is 9. The van der Waals surface area contributed by atoms with Crippen molar-refractivity contribution in [2.24, 2.45) is 0 Å². The Bertz CT molecular complexity index is 2910. The molecule has 0 saturated heterocycles. The summed E-state index contributed by atoms with van der Waals surface area (Å²) in [6, 6.07) is 60.2. The average Bonchev–Trinajstić information content (AvgIpc) is 3.57. The summed E-state index contributed by atoms with van der Waals surface area (Å²) in [4.78, 5) is 0. The zero-order chi connectivity index (χ0) is 34.1. The van der Waals surface area contributed by atoms with Crippen molar-refractivity contribution in [1.29, 1.82) is 0 Å². The lowest BCUT2D eigenvalue weighted by atomic mass is 9.84. The minimum Gasteiger partial charge on any atom is -0.455 e. The van der Waals surface area contributed by atoms with E-state index in [0.29, 0.717) is 12.1 Å². The Hall–Kier alpha value is -6.44. The zero-order valence-corrected chi connectivity index (χ0v) is 26.6. The SMILES string of the molecule is [2H]c1ccc(-c2ccc(-c3c4ccccc4c(-c4ccc(-c5ccc6cc([2H])ccc6c5)cc4)c4ccccc34)c3c2oc2ccccc23)cc1. The molecule has 1 nitrogen and oxygen atoms in total. The van der Waals surface area contributed by atoms with Gasteiger partial charge in [-0.05, 0) is 89.5 Å². The summed E-state index contributed by atoms with van der Waals surface area (Å²) < 4.78 is 22.7. The van der Waals surface area contributed by atoms with E-state index in [1.165, 1.54) is 38.2 Å². The molecule has 0 spiro atoms. The highest BCUT2D eigenvalue weighted by Gasteiger charge is 2.22. The number of hydrogen-bond donors (Lipinski definition) is 0. The van der Waals surface area contributed by atoms with Crippen molar-refractivity contribution in [2.45, 2.75) is 0 Å². The van der Waals surface area contributed by atoms with Gasteiger partial charge in [0.2, 0.25) is 0 Å². The molecule has 1 heterocycles. The molecule has 49 heavy (non-hydrogen) atoms. The van der Waals surface area contributed by atoms with E-state index in [0.717, 1.165) is 60.5 Å². The molecule has 10 rings (SSSR count). The minimum absolute atomic E-state index is 0.488. The maximum atomic E-state index is 8.04. The van der Waals surface area contributed by atoms with Gasteiger partial charge < -0.3 is 4.42 Å². The van der Waals surface area contributed by atoms with Crippen LogP contribution in [0.25, 0.3) is 98.8 Å². The smallest absolute Gasteiger partial charge is 0.143 e. The van der Waals surface area contributed by atoms with Crippen LogP contribution in [0.2, 0.25) is 0 Å². The first-order chi connectivity index (χ1) is 25.1. The number of para-hydroxylation sites is 1. The summed E-state index contributed by atoms with van der Waals surface area (Å²) in [5.74, 6) is 0. The average molecular weight is 625 g/mol. The van der Waals surface area contributed by atoms with E-state index in [2.05, 4.69) is 115 Å². The number of fused-ring (bicyclic) bond motifs is 6. The molecule has 10 aromatic rings. The summed E-state index contributed by atoms with van der Waals surface area (Å²) in [5, 5.41) is 9.19. The number of rotatable bonds is 4. The molecule has 0 aliphatic heterocycles. The van der Waals surface area contributed by atoms with E-state index in [9.17, 15) is 0 Å². The molecular weight excluding hydrogens is 593 g/mol. The molecule has 228 valence electrons. The second-order valence-corrected chi connectivity index (χ2v) is 12.7. The first-order valence-corrected chi connectivity index (χ1v) is 16.7. The van der Waals surface area contributed by atoms with Gasteiger partial charge in [-0.2, -0.15) is 0 Å². The summed E-state index contributed by atoms with van der Waals surface area (Å²) in [7, 11) is 0. The Morgan fingerprint density at radius 3 is 1.69 bits per heavy atom. The highest BCUT2D eigenvalue weighted by molar-refractivity contribution is 6.26. The molecule has 1 heteroatoms. The van der Waals surface area contributed by atoms with E-state index in [4.69, 9.17) is 7.16 Å². The normalized spacial score (nSPS) is 12.2. The summed E-state index contributed by atoms with van der Waals surface area (Å²) in [6.07, 6.45) is 0. The quantitative estimate of drug-likeness (QED) is 0.178. The van der Waals surface area contributed by atoms with Crippen LogP contribution >= 0.6 is 0 Å². The number of furan rings is 1. The van der Waals surface area contributed by atoms with Gasteiger partial charge in [0, 0.05) is 16.3 Å². The van der Waals surface area contributed by atoms with E-state index in [1.54, 1.807) is 0 Å². The fraction of sp³-hybridized carbons (Fsp3) is 0. The van der Waals surface area contributed by atoms with Crippen LogP contribution in [0.4, 0.5) is 0 Å². The van der Waals surface area contributed by atoms with Gasteiger partial charge in [0.15, 0.2) is 0 Å². The highest BCUT2D eigenvalue weighted by Crippen LogP contribution is 2.48. The third-order valence-corrected chi connectivity index (χ3v) is 9.95. The van der Waals surface area contributed by atoms with Crippen molar-refractivity contribution in [1.82, 2.24) is 0 Å². The lowest BCUT2D eigenvalue weighted by molar-refractivity contribution is 0.670. The molecular formula is C48H30O. The predicted molar refractivity (Wildman–Crippen MR) is 208 cm³/mol. The van der Waals surface area contributed by atoms with Crippen molar-refractivity contribution in [3.05, 3.63) is 182 Å². The predicted octanol–water partition coefficient (Wildman–Crippen LogP) is 13.7. The topological polar surface area (TPSA) is 13.1 Å². The Labute approximate surface area is 287 Å². The maximum absolute atomic E-state index is 8.04. The summed E-state index contributed by atoms with van der Waals surface area (Å²) in [5.41, 5.74) is 10.8. The molecule has 0 unspecified atom stereocenters. The van der Waals surface area contributed by atoms with Crippen molar-refractivity contribution >= 4 is 54.3 Å². The van der Waals surface area contributed by atoms with E-state index in [1.807, 2.05) is 54.6 Å². The van der Waals surface area contributed by atoms with Crippen LogP contribution in [0.15, 0.2) is 186 Å². The van der Waals surface area contributed by atoms with Gasteiger partial charge in [-0.15, -0.1) is 0 Å². The molecule has 1 aromatic heterocycles. The second kappa shape index (κ2) is 11.1. The van der Waals surface area contributed by atoms with Crippen molar-refractivity contribution in [3.8, 4) is 44.5 Å². The third kappa shape index (κ3) is 4.40. The van der Waals surface area contributed by atoms with Crippen molar-refractivity contribution in [3.63, 3.8) is 0 Å². The third-order valence-electron chi connectivity index (χ3n) is 9.95. The van der Waals surface area contributed by atoms with Crippen molar-refractivity contribution in [2.75, 3.05) is 0 Å². The summed E-state index contributed by atoms with van der Waals surface area (Å²) >= 11 is 0. The minimum atomic E-state index is 0.488. The Morgan fingerprint density at radius 1 is 0.367 bits per heavy atom. The molecule has 0 aliphatic carbocycles. The molecule has 0 fully saturated rings. The van der Waals surface area contributed by atoms with Crippen LogP contribution in [0.1, 0.15) is 2.74 Å². The Morgan fingerprint density at radius 2 is 0.959 bits per heavy atom. The van der Waals surface area contributed by atoms with E-state index >= 15 is 0 Å². The molecule has 0 radical (unpaired) electrons. The fourth-order valence-electron chi connectivity index (χ4n) is 7.70. The first-order valence-electron chi connectivity index (χ1n) is 17.7. The maximum Gasteiger partial charge on any atom is 0.143 e. The van der Waals surface area contributed by atoms with Crippen LogP contribution in [0.3, 0.4) is 0 Å². The standard InChI is InChI=1S/C48H30O/c1-2-13-33(14-3-1)37-28-29-43(47-42-20-10-11-21-44(42)49-48(37)47)46-40-18-8-6-16-38(40)45(39-17-7-9-19-41(39)46)34-25-22-32(23-26-34)36-27-24-31-12-4-5-15-35(31)30-36/h1-30H/i1D,4D. The van der Waals surface area contributed by atoms with Crippen LogP contribution < -0.4 is 0 Å². The molecule has 9 aromatic carbocycles. The monoisotopic (exact) mass is 624 g/mol. The van der Waals surface area contributed by atoms with Gasteiger partial charge in [0.25, 0.3) is 0 Å². The first kappa shape index (κ1) is 25.6. The molecule has 0 amide bonds. The van der Waals surface area contributed by atoms with Crippen LogP contribution in [0, 0.1) is 0 Å². The molecule has 0 bridgehead atoms. The lowest BCUT2D eigenvalue weighted by Crippen LogP contribution is -1.92. The van der Waals surface area contributed by atoms with Crippen LogP contribution in [-0.4, -0.2) is 0 Å². The van der Waals surface area contributed by atoms with Gasteiger partial charge >= 0.3 is 0 Å². The molecule has 0 saturated carbocycles. The summed E-state index contributed by atoms with van der Waals surface area (Å²) in [6.45, 7) is 0. The van der Waals surface area contributed by atoms with E-state index in [-0.39, 0.29) is 0 Å². The van der Waals surface area contributed by atoms with Gasteiger partial charge in [-0.25, -0.2) is 0 Å². The molecule has 0 N–H and O–H groups in total. The second-order valence-electron chi connectivity index (χ2n) is 12.7. The van der Waals surface area contributed by atoms with Crippen LogP contribution in [0.5, 0.6) is 0 Å². The molecule has 0 atom stereocenters. The largest absolute Gasteiger partial charge is 0.455 e. The zero-order valence-electron chi connectivity index (χ0n) is 28.6. The molecule has 0 aliphatic rings. The Balaban J connectivity index is 1.20. The fourth-order valence-corrected chi connectivity index (χ4v) is 7.70.